The Hall–Kier alpha value is -1.26. The van der Waals surface area contributed by atoms with Gasteiger partial charge in [-0.25, -0.2) is 4.79 Å². The molecule has 1 atom stereocenters. The molecule has 0 saturated carbocycles. The van der Waals surface area contributed by atoms with Gasteiger partial charge in [0.2, 0.25) is 0 Å². The highest BCUT2D eigenvalue weighted by Gasteiger charge is 2.16. The molecule has 4 nitrogen and oxygen atoms in total. The minimum Gasteiger partial charge on any atom is -0.444 e. The van der Waals surface area contributed by atoms with E-state index in [1.807, 2.05) is 20.8 Å². The van der Waals surface area contributed by atoms with E-state index in [1.54, 1.807) is 25.1 Å². The average molecular weight is 300 g/mol. The van der Waals surface area contributed by atoms with Crippen LogP contribution in [-0.4, -0.2) is 22.9 Å². The molecular weight excluding hydrogens is 278 g/mol. The number of amides is 1. The second-order valence-electron chi connectivity index (χ2n) is 5.82. The Balaban J connectivity index is 2.72. The molecule has 1 unspecified atom stereocenters. The molecule has 0 saturated heterocycles. The van der Waals surface area contributed by atoms with Crippen molar-refractivity contribution in [1.82, 2.24) is 0 Å². The van der Waals surface area contributed by atoms with Gasteiger partial charge in [-0.15, -0.1) is 0 Å². The molecule has 1 aromatic rings. The Morgan fingerprint density at radius 2 is 2.10 bits per heavy atom. The summed E-state index contributed by atoms with van der Waals surface area (Å²) < 4.78 is 5.19. The van der Waals surface area contributed by atoms with Crippen molar-refractivity contribution in [2.75, 3.05) is 5.32 Å². The van der Waals surface area contributed by atoms with E-state index in [0.717, 1.165) is 5.56 Å². The molecular formula is C15H22ClNO3. The number of ether oxygens (including phenoxy) is 1. The van der Waals surface area contributed by atoms with Crippen LogP contribution in [0, 0.1) is 0 Å². The van der Waals surface area contributed by atoms with Gasteiger partial charge in [-0.3, -0.25) is 5.32 Å². The van der Waals surface area contributed by atoms with Crippen LogP contribution in [0.3, 0.4) is 0 Å². The molecule has 1 amide bonds. The highest BCUT2D eigenvalue weighted by atomic mass is 35.5. The van der Waals surface area contributed by atoms with E-state index in [4.69, 9.17) is 16.3 Å². The fraction of sp³-hybridized carbons (Fsp3) is 0.533. The standard InChI is InChI=1S/C15H22ClNO3/c1-10(18)5-6-11-9-12(7-8-13(11)16)17-14(19)20-15(2,3)4/h7-10,18H,5-6H2,1-4H3,(H,17,19). The molecule has 0 aromatic heterocycles. The van der Waals surface area contributed by atoms with Crippen molar-refractivity contribution in [1.29, 1.82) is 0 Å². The summed E-state index contributed by atoms with van der Waals surface area (Å²) in [6.45, 7) is 7.16. The van der Waals surface area contributed by atoms with Crippen LogP contribution in [0.5, 0.6) is 0 Å². The van der Waals surface area contributed by atoms with Gasteiger partial charge < -0.3 is 9.84 Å². The molecule has 0 spiro atoms. The maximum atomic E-state index is 11.7. The van der Waals surface area contributed by atoms with Gasteiger partial charge in [0.25, 0.3) is 0 Å². The highest BCUT2D eigenvalue weighted by Crippen LogP contribution is 2.23. The lowest BCUT2D eigenvalue weighted by Gasteiger charge is -2.20. The van der Waals surface area contributed by atoms with Gasteiger partial charge in [-0.05, 0) is 64.3 Å². The van der Waals surface area contributed by atoms with Crippen LogP contribution in [0.2, 0.25) is 5.02 Å². The average Bonchev–Trinajstić information content (AvgIpc) is 2.27. The van der Waals surface area contributed by atoms with Crippen LogP contribution >= 0.6 is 11.6 Å². The van der Waals surface area contributed by atoms with Crippen LogP contribution in [0.15, 0.2) is 18.2 Å². The van der Waals surface area contributed by atoms with E-state index in [-0.39, 0.29) is 6.10 Å². The number of halogens is 1. The molecule has 1 rings (SSSR count). The summed E-state index contributed by atoms with van der Waals surface area (Å²) in [5.74, 6) is 0. The van der Waals surface area contributed by atoms with Crippen LogP contribution in [-0.2, 0) is 11.2 Å². The quantitative estimate of drug-likeness (QED) is 0.883. The number of hydrogen-bond donors (Lipinski definition) is 2. The van der Waals surface area contributed by atoms with Crippen molar-refractivity contribution < 1.29 is 14.6 Å². The van der Waals surface area contributed by atoms with Crippen molar-refractivity contribution in [3.05, 3.63) is 28.8 Å². The number of benzene rings is 1. The number of carbonyl (C=O) groups is 1. The predicted octanol–water partition coefficient (Wildman–Crippen LogP) is 4.00. The molecule has 0 bridgehead atoms. The zero-order valence-electron chi connectivity index (χ0n) is 12.4. The summed E-state index contributed by atoms with van der Waals surface area (Å²) in [5.41, 5.74) is 0.983. The fourth-order valence-corrected chi connectivity index (χ4v) is 1.84. The number of carbonyl (C=O) groups excluding carboxylic acids is 1. The van der Waals surface area contributed by atoms with E-state index < -0.39 is 11.7 Å². The Labute approximate surface area is 125 Å². The molecule has 0 aliphatic rings. The lowest BCUT2D eigenvalue weighted by Crippen LogP contribution is -2.27. The summed E-state index contributed by atoms with van der Waals surface area (Å²) in [7, 11) is 0. The molecule has 20 heavy (non-hydrogen) atoms. The third kappa shape index (κ3) is 6.26. The number of nitrogens with one attached hydrogen (secondary N) is 1. The van der Waals surface area contributed by atoms with Crippen LogP contribution in [0.1, 0.15) is 39.7 Å². The summed E-state index contributed by atoms with van der Waals surface area (Å²) in [4.78, 5) is 11.7. The number of hydrogen-bond acceptors (Lipinski definition) is 3. The molecule has 0 radical (unpaired) electrons. The van der Waals surface area contributed by atoms with E-state index in [0.29, 0.717) is 23.6 Å². The number of aryl methyl sites for hydroxylation is 1. The number of anilines is 1. The SMILES string of the molecule is CC(O)CCc1cc(NC(=O)OC(C)(C)C)ccc1Cl. The maximum Gasteiger partial charge on any atom is 0.412 e. The zero-order chi connectivity index (χ0) is 15.3. The van der Waals surface area contributed by atoms with Crippen LogP contribution < -0.4 is 5.32 Å². The summed E-state index contributed by atoms with van der Waals surface area (Å²) in [6, 6.07) is 5.25. The third-order valence-electron chi connectivity index (χ3n) is 2.52. The van der Waals surface area contributed by atoms with E-state index in [2.05, 4.69) is 5.32 Å². The van der Waals surface area contributed by atoms with E-state index in [1.165, 1.54) is 0 Å². The molecule has 0 aliphatic heterocycles. The number of aliphatic hydroxyl groups excluding tert-OH is 1. The Morgan fingerprint density at radius 1 is 1.45 bits per heavy atom. The summed E-state index contributed by atoms with van der Waals surface area (Å²) >= 11 is 6.10. The molecule has 112 valence electrons. The third-order valence-corrected chi connectivity index (χ3v) is 2.89. The second kappa shape index (κ2) is 6.95. The first-order valence-corrected chi connectivity index (χ1v) is 7.01. The van der Waals surface area contributed by atoms with E-state index >= 15 is 0 Å². The van der Waals surface area contributed by atoms with Crippen molar-refractivity contribution in [3.8, 4) is 0 Å². The smallest absolute Gasteiger partial charge is 0.412 e. The van der Waals surface area contributed by atoms with Gasteiger partial charge in [-0.2, -0.15) is 0 Å². The monoisotopic (exact) mass is 299 g/mol. The molecule has 1 aromatic carbocycles. The molecule has 0 heterocycles. The second-order valence-corrected chi connectivity index (χ2v) is 6.23. The number of aliphatic hydroxyl groups is 1. The van der Waals surface area contributed by atoms with Gasteiger partial charge in [-0.1, -0.05) is 11.6 Å². The minimum absolute atomic E-state index is 0.381. The first-order chi connectivity index (χ1) is 9.17. The van der Waals surface area contributed by atoms with Crippen molar-refractivity contribution in [2.24, 2.45) is 0 Å². The maximum absolute atomic E-state index is 11.7. The zero-order valence-corrected chi connectivity index (χ0v) is 13.1. The predicted molar refractivity (Wildman–Crippen MR) is 81.3 cm³/mol. The van der Waals surface area contributed by atoms with Gasteiger partial charge in [0.05, 0.1) is 6.10 Å². The largest absolute Gasteiger partial charge is 0.444 e. The van der Waals surface area contributed by atoms with Gasteiger partial charge in [0, 0.05) is 10.7 Å². The lowest BCUT2D eigenvalue weighted by atomic mass is 10.1. The topological polar surface area (TPSA) is 58.6 Å². The van der Waals surface area contributed by atoms with Crippen LogP contribution in [0.4, 0.5) is 10.5 Å². The number of rotatable bonds is 4. The molecule has 2 N–H and O–H groups in total. The summed E-state index contributed by atoms with van der Waals surface area (Å²) in [6.07, 6.45) is 0.394. The Kier molecular flexibility index (Phi) is 5.84. The van der Waals surface area contributed by atoms with Crippen molar-refractivity contribution in [3.63, 3.8) is 0 Å². The summed E-state index contributed by atoms with van der Waals surface area (Å²) in [5, 5.41) is 12.6. The van der Waals surface area contributed by atoms with E-state index in [9.17, 15) is 9.90 Å². The molecule has 0 fully saturated rings. The van der Waals surface area contributed by atoms with Gasteiger partial charge in [0.15, 0.2) is 0 Å². The first-order valence-electron chi connectivity index (χ1n) is 6.64. The van der Waals surface area contributed by atoms with Gasteiger partial charge >= 0.3 is 6.09 Å². The lowest BCUT2D eigenvalue weighted by molar-refractivity contribution is 0.0636. The minimum atomic E-state index is -0.536. The van der Waals surface area contributed by atoms with Crippen molar-refractivity contribution in [2.45, 2.75) is 52.2 Å². The molecule has 5 heteroatoms. The highest BCUT2D eigenvalue weighted by molar-refractivity contribution is 6.31. The Bertz CT molecular complexity index is 467. The van der Waals surface area contributed by atoms with Crippen molar-refractivity contribution >= 4 is 23.4 Å². The Morgan fingerprint density at radius 3 is 2.65 bits per heavy atom. The fourth-order valence-electron chi connectivity index (χ4n) is 1.63. The van der Waals surface area contributed by atoms with Gasteiger partial charge in [0.1, 0.15) is 5.60 Å². The molecule has 0 aliphatic carbocycles. The normalized spacial score (nSPS) is 12.9. The van der Waals surface area contributed by atoms with Crippen LogP contribution in [0.25, 0.3) is 0 Å². The first kappa shape index (κ1) is 16.8.